The molecule has 1 fully saturated rings. The lowest BCUT2D eigenvalue weighted by Crippen LogP contribution is -2.14. The van der Waals surface area contributed by atoms with Gasteiger partial charge in [-0.2, -0.15) is 0 Å². The van der Waals surface area contributed by atoms with Crippen molar-refractivity contribution in [2.24, 2.45) is 5.92 Å². The normalized spacial score (nSPS) is 20.3. The molecule has 0 saturated heterocycles. The van der Waals surface area contributed by atoms with Crippen LogP contribution in [-0.4, -0.2) is 6.61 Å². The van der Waals surface area contributed by atoms with E-state index in [1.54, 1.807) is 0 Å². The van der Waals surface area contributed by atoms with E-state index in [1.807, 2.05) is 6.92 Å². The first kappa shape index (κ1) is 15.3. The highest BCUT2D eigenvalue weighted by Crippen LogP contribution is 2.47. The van der Waals surface area contributed by atoms with E-state index in [0.29, 0.717) is 12.5 Å². The Bertz CT molecular complexity index is 605. The first-order chi connectivity index (χ1) is 10.8. The molecule has 2 aromatic rings. The molecule has 1 aliphatic carbocycles. The van der Waals surface area contributed by atoms with Crippen molar-refractivity contribution in [3.05, 3.63) is 59.0 Å². The van der Waals surface area contributed by atoms with E-state index in [9.17, 15) is 0 Å². The van der Waals surface area contributed by atoms with Gasteiger partial charge in [0.1, 0.15) is 11.5 Å². The van der Waals surface area contributed by atoms with Crippen LogP contribution in [-0.2, 0) is 24.4 Å². The maximum atomic E-state index is 5.92. The second kappa shape index (κ2) is 7.12. The number of ether oxygens (including phenoxy) is 1. The number of nitrogens with one attached hydrogen (secondary N) is 1. The largest absolute Gasteiger partial charge is 0.464 e. The zero-order valence-electron chi connectivity index (χ0n) is 13.5. The topological polar surface area (TPSA) is 34.4 Å². The lowest BCUT2D eigenvalue weighted by molar-refractivity contribution is 0.133. The molecule has 1 aromatic carbocycles. The highest BCUT2D eigenvalue weighted by molar-refractivity contribution is 5.26. The van der Waals surface area contributed by atoms with Crippen molar-refractivity contribution in [1.29, 1.82) is 0 Å². The molecule has 1 aliphatic rings. The summed E-state index contributed by atoms with van der Waals surface area (Å²) < 4.78 is 11.4. The molecule has 1 heterocycles. The van der Waals surface area contributed by atoms with Crippen molar-refractivity contribution in [2.45, 2.75) is 45.9 Å². The Labute approximate surface area is 132 Å². The van der Waals surface area contributed by atoms with Gasteiger partial charge in [0.15, 0.2) is 0 Å². The van der Waals surface area contributed by atoms with E-state index in [4.69, 9.17) is 9.15 Å². The monoisotopic (exact) mass is 299 g/mol. The standard InChI is InChI=1S/C19H25NO2/c1-3-21-13-16-7-5-4-6-15(16)11-20-12-17-8-9-19(22-17)18-10-14(18)2/h4-9,14,18,20H,3,10-13H2,1-2H3. The lowest BCUT2D eigenvalue weighted by Gasteiger charge is -2.10. The summed E-state index contributed by atoms with van der Waals surface area (Å²) >= 11 is 0. The van der Waals surface area contributed by atoms with Gasteiger partial charge in [-0.05, 0) is 42.5 Å². The van der Waals surface area contributed by atoms with E-state index >= 15 is 0 Å². The van der Waals surface area contributed by atoms with Gasteiger partial charge < -0.3 is 14.5 Å². The van der Waals surface area contributed by atoms with E-state index < -0.39 is 0 Å². The van der Waals surface area contributed by atoms with E-state index in [0.717, 1.165) is 37.1 Å². The van der Waals surface area contributed by atoms with Crippen LogP contribution in [0.4, 0.5) is 0 Å². The van der Waals surface area contributed by atoms with Crippen molar-refractivity contribution in [2.75, 3.05) is 6.61 Å². The molecule has 118 valence electrons. The quantitative estimate of drug-likeness (QED) is 0.792. The van der Waals surface area contributed by atoms with Gasteiger partial charge in [0, 0.05) is 19.1 Å². The summed E-state index contributed by atoms with van der Waals surface area (Å²) in [6.07, 6.45) is 1.27. The van der Waals surface area contributed by atoms with Gasteiger partial charge in [0.05, 0.1) is 13.2 Å². The van der Waals surface area contributed by atoms with Crippen LogP contribution in [0.25, 0.3) is 0 Å². The molecule has 2 atom stereocenters. The van der Waals surface area contributed by atoms with Gasteiger partial charge in [-0.1, -0.05) is 31.2 Å². The maximum Gasteiger partial charge on any atom is 0.117 e. The molecule has 22 heavy (non-hydrogen) atoms. The highest BCUT2D eigenvalue weighted by Gasteiger charge is 2.36. The zero-order chi connectivity index (χ0) is 15.4. The summed E-state index contributed by atoms with van der Waals surface area (Å²) in [6, 6.07) is 12.7. The van der Waals surface area contributed by atoms with Crippen LogP contribution in [0.15, 0.2) is 40.8 Å². The third-order valence-corrected chi connectivity index (χ3v) is 4.35. The predicted octanol–water partition coefficient (Wildman–Crippen LogP) is 4.23. The average molecular weight is 299 g/mol. The molecule has 1 aromatic heterocycles. The average Bonchev–Trinajstić information content (AvgIpc) is 3.08. The van der Waals surface area contributed by atoms with Crippen LogP contribution in [0.5, 0.6) is 0 Å². The molecule has 0 radical (unpaired) electrons. The molecule has 1 N–H and O–H groups in total. The van der Waals surface area contributed by atoms with Crippen LogP contribution in [0.3, 0.4) is 0 Å². The van der Waals surface area contributed by atoms with Crippen LogP contribution >= 0.6 is 0 Å². The SMILES string of the molecule is CCOCc1ccccc1CNCc1ccc(C2CC2C)o1. The molecular formula is C19H25NO2. The first-order valence-corrected chi connectivity index (χ1v) is 8.21. The van der Waals surface area contributed by atoms with Gasteiger partial charge in [-0.15, -0.1) is 0 Å². The molecule has 1 saturated carbocycles. The summed E-state index contributed by atoms with van der Waals surface area (Å²) in [4.78, 5) is 0. The van der Waals surface area contributed by atoms with E-state index in [-0.39, 0.29) is 0 Å². The number of rotatable bonds is 8. The molecule has 0 bridgehead atoms. The molecule has 0 amide bonds. The van der Waals surface area contributed by atoms with Crippen molar-refractivity contribution in [1.82, 2.24) is 5.32 Å². The second-order valence-corrected chi connectivity index (χ2v) is 6.13. The molecule has 0 spiro atoms. The summed E-state index contributed by atoms with van der Waals surface area (Å²) in [5.74, 6) is 3.62. The summed E-state index contributed by atoms with van der Waals surface area (Å²) in [5.41, 5.74) is 2.54. The molecular weight excluding hydrogens is 274 g/mol. The molecule has 3 rings (SSSR count). The maximum absolute atomic E-state index is 5.92. The van der Waals surface area contributed by atoms with Crippen molar-refractivity contribution < 1.29 is 9.15 Å². The summed E-state index contributed by atoms with van der Waals surface area (Å²) in [7, 11) is 0. The highest BCUT2D eigenvalue weighted by atomic mass is 16.5. The number of hydrogen-bond acceptors (Lipinski definition) is 3. The third kappa shape index (κ3) is 3.79. The van der Waals surface area contributed by atoms with Crippen LogP contribution in [0, 0.1) is 5.92 Å². The fraction of sp³-hybridized carbons (Fsp3) is 0.474. The van der Waals surface area contributed by atoms with Crippen LogP contribution in [0.2, 0.25) is 0 Å². The van der Waals surface area contributed by atoms with Gasteiger partial charge in [-0.3, -0.25) is 0 Å². The molecule has 3 heteroatoms. The van der Waals surface area contributed by atoms with Gasteiger partial charge >= 0.3 is 0 Å². The zero-order valence-corrected chi connectivity index (χ0v) is 13.5. The molecule has 3 nitrogen and oxygen atoms in total. The van der Waals surface area contributed by atoms with E-state index in [2.05, 4.69) is 48.6 Å². The van der Waals surface area contributed by atoms with Gasteiger partial charge in [0.25, 0.3) is 0 Å². The fourth-order valence-electron chi connectivity index (χ4n) is 2.81. The van der Waals surface area contributed by atoms with Crippen molar-refractivity contribution in [3.63, 3.8) is 0 Å². The van der Waals surface area contributed by atoms with E-state index in [1.165, 1.54) is 17.5 Å². The minimum Gasteiger partial charge on any atom is -0.464 e. The number of benzene rings is 1. The summed E-state index contributed by atoms with van der Waals surface area (Å²) in [6.45, 7) is 7.33. The van der Waals surface area contributed by atoms with Crippen LogP contribution < -0.4 is 5.32 Å². The Morgan fingerprint density at radius 3 is 2.64 bits per heavy atom. The Balaban J connectivity index is 1.51. The third-order valence-electron chi connectivity index (χ3n) is 4.35. The van der Waals surface area contributed by atoms with Crippen LogP contribution in [0.1, 0.15) is 48.8 Å². The second-order valence-electron chi connectivity index (χ2n) is 6.13. The van der Waals surface area contributed by atoms with Gasteiger partial charge in [0.2, 0.25) is 0 Å². The fourth-order valence-corrected chi connectivity index (χ4v) is 2.81. The molecule has 0 aliphatic heterocycles. The Morgan fingerprint density at radius 2 is 1.91 bits per heavy atom. The Hall–Kier alpha value is -1.58. The smallest absolute Gasteiger partial charge is 0.117 e. The Kier molecular flexibility index (Phi) is 4.96. The minimum absolute atomic E-state index is 0.653. The first-order valence-electron chi connectivity index (χ1n) is 8.21. The predicted molar refractivity (Wildman–Crippen MR) is 87.5 cm³/mol. The number of hydrogen-bond donors (Lipinski definition) is 1. The minimum atomic E-state index is 0.653. The summed E-state index contributed by atoms with van der Waals surface area (Å²) in [5, 5.41) is 3.47. The lowest BCUT2D eigenvalue weighted by atomic mass is 10.1. The van der Waals surface area contributed by atoms with Crippen molar-refractivity contribution in [3.8, 4) is 0 Å². The Morgan fingerprint density at radius 1 is 1.14 bits per heavy atom. The van der Waals surface area contributed by atoms with Gasteiger partial charge in [-0.25, -0.2) is 0 Å². The van der Waals surface area contributed by atoms with Crippen molar-refractivity contribution >= 4 is 0 Å². The number of furan rings is 1. The molecule has 2 unspecified atom stereocenters.